The van der Waals surface area contributed by atoms with E-state index in [1.807, 2.05) is 34.6 Å². The Balaban J connectivity index is 3.57. The number of aromatic carboxylic acids is 1. The van der Waals surface area contributed by atoms with E-state index in [0.29, 0.717) is 5.69 Å². The third-order valence-electron chi connectivity index (χ3n) is 2.40. The van der Waals surface area contributed by atoms with Crippen LogP contribution in [0.1, 0.15) is 56.7 Å². The quantitative estimate of drug-likeness (QED) is 0.806. The van der Waals surface area contributed by atoms with Gasteiger partial charge in [-0.1, -0.05) is 20.8 Å². The van der Waals surface area contributed by atoms with Gasteiger partial charge in [-0.05, 0) is 13.8 Å². The molecule has 0 aliphatic heterocycles. The Kier molecular flexibility index (Phi) is 2.99. The summed E-state index contributed by atoms with van der Waals surface area (Å²) in [6.45, 7) is 9.27. The first-order chi connectivity index (χ1) is 7.16. The van der Waals surface area contributed by atoms with Crippen molar-refractivity contribution >= 4 is 5.97 Å². The fourth-order valence-corrected chi connectivity index (χ4v) is 1.56. The maximum Gasteiger partial charge on any atom is 0.343 e. The third kappa shape index (κ3) is 2.03. The number of rotatable bonds is 2. The molecule has 0 aliphatic rings. The summed E-state index contributed by atoms with van der Waals surface area (Å²) in [6, 6.07) is -0.0818. The molecule has 0 spiro atoms. The van der Waals surface area contributed by atoms with Gasteiger partial charge in [0, 0.05) is 11.5 Å². The lowest BCUT2D eigenvalue weighted by Crippen LogP contribution is -2.23. The van der Waals surface area contributed by atoms with Gasteiger partial charge in [0.15, 0.2) is 0 Å². The van der Waals surface area contributed by atoms with Crippen LogP contribution in [0, 0.1) is 0 Å². The van der Waals surface area contributed by atoms with Gasteiger partial charge >= 0.3 is 5.97 Å². The van der Waals surface area contributed by atoms with Crippen molar-refractivity contribution in [2.45, 2.75) is 46.1 Å². The van der Waals surface area contributed by atoms with Gasteiger partial charge in [-0.25, -0.2) is 9.48 Å². The van der Waals surface area contributed by atoms with Gasteiger partial charge in [-0.3, -0.25) is 9.89 Å². The number of nitrogens with one attached hydrogen (secondary N) is 1. The largest absolute Gasteiger partial charge is 0.477 e. The summed E-state index contributed by atoms with van der Waals surface area (Å²) in [5.74, 6) is -1.18. The lowest BCUT2D eigenvalue weighted by atomic mass is 9.89. The second-order valence-corrected chi connectivity index (χ2v) is 5.19. The Morgan fingerprint density at radius 3 is 2.12 bits per heavy atom. The molecule has 16 heavy (non-hydrogen) atoms. The van der Waals surface area contributed by atoms with Crippen LogP contribution in [0.3, 0.4) is 0 Å². The van der Waals surface area contributed by atoms with E-state index in [1.165, 1.54) is 4.68 Å². The van der Waals surface area contributed by atoms with Crippen molar-refractivity contribution < 1.29 is 9.90 Å². The molecule has 1 heterocycles. The van der Waals surface area contributed by atoms with Crippen LogP contribution in [0.15, 0.2) is 4.79 Å². The van der Waals surface area contributed by atoms with Gasteiger partial charge in [-0.15, -0.1) is 0 Å². The smallest absolute Gasteiger partial charge is 0.343 e. The van der Waals surface area contributed by atoms with Crippen LogP contribution in [-0.2, 0) is 5.41 Å². The van der Waals surface area contributed by atoms with E-state index in [9.17, 15) is 9.59 Å². The van der Waals surface area contributed by atoms with Gasteiger partial charge in [0.2, 0.25) is 0 Å². The number of carbonyl (C=O) groups is 1. The van der Waals surface area contributed by atoms with Crippen molar-refractivity contribution in [2.24, 2.45) is 0 Å². The molecule has 0 bridgehead atoms. The first-order valence-electron chi connectivity index (χ1n) is 5.24. The van der Waals surface area contributed by atoms with Crippen LogP contribution in [0.25, 0.3) is 0 Å². The van der Waals surface area contributed by atoms with E-state index < -0.39 is 16.9 Å². The van der Waals surface area contributed by atoms with Crippen LogP contribution in [0.4, 0.5) is 0 Å². The molecule has 1 rings (SSSR count). The normalized spacial score (nSPS) is 12.1. The molecule has 0 saturated carbocycles. The molecule has 1 aromatic heterocycles. The Labute approximate surface area is 94.1 Å². The first kappa shape index (κ1) is 12.5. The second kappa shape index (κ2) is 3.81. The molecule has 0 amide bonds. The zero-order valence-corrected chi connectivity index (χ0v) is 10.3. The number of hydrogen-bond acceptors (Lipinski definition) is 2. The summed E-state index contributed by atoms with van der Waals surface area (Å²) in [4.78, 5) is 23.0. The monoisotopic (exact) mass is 226 g/mol. The number of carboxylic acids is 1. The van der Waals surface area contributed by atoms with E-state index in [1.54, 1.807) is 0 Å². The van der Waals surface area contributed by atoms with Gasteiger partial charge in [0.1, 0.15) is 5.56 Å². The highest BCUT2D eigenvalue weighted by Crippen LogP contribution is 2.22. The van der Waals surface area contributed by atoms with Gasteiger partial charge < -0.3 is 5.11 Å². The third-order valence-corrected chi connectivity index (χ3v) is 2.40. The maximum absolute atomic E-state index is 11.9. The summed E-state index contributed by atoms with van der Waals surface area (Å²) < 4.78 is 1.35. The fourth-order valence-electron chi connectivity index (χ4n) is 1.56. The van der Waals surface area contributed by atoms with Crippen molar-refractivity contribution in [3.63, 3.8) is 0 Å². The van der Waals surface area contributed by atoms with E-state index in [0.717, 1.165) is 0 Å². The minimum Gasteiger partial charge on any atom is -0.477 e. The lowest BCUT2D eigenvalue weighted by molar-refractivity contribution is 0.0692. The van der Waals surface area contributed by atoms with Crippen LogP contribution < -0.4 is 5.56 Å². The summed E-state index contributed by atoms with van der Waals surface area (Å²) in [6.07, 6.45) is 0. The van der Waals surface area contributed by atoms with E-state index in [-0.39, 0.29) is 11.6 Å². The molecule has 0 saturated heterocycles. The van der Waals surface area contributed by atoms with E-state index in [2.05, 4.69) is 5.10 Å². The predicted molar refractivity (Wildman–Crippen MR) is 61.1 cm³/mol. The minimum atomic E-state index is -1.18. The minimum absolute atomic E-state index is 0.0818. The van der Waals surface area contributed by atoms with Gasteiger partial charge in [0.25, 0.3) is 5.56 Å². The number of hydrogen-bond donors (Lipinski definition) is 2. The highest BCUT2D eigenvalue weighted by Gasteiger charge is 2.28. The number of carboxylic acid groups (broad SMARTS) is 1. The average molecular weight is 226 g/mol. The van der Waals surface area contributed by atoms with Gasteiger partial charge in [-0.2, -0.15) is 0 Å². The molecular weight excluding hydrogens is 208 g/mol. The molecule has 0 radical (unpaired) electrons. The zero-order chi connectivity index (χ0) is 12.7. The topological polar surface area (TPSA) is 75.1 Å². The van der Waals surface area contributed by atoms with Gasteiger partial charge in [0.05, 0.1) is 5.69 Å². The highest BCUT2D eigenvalue weighted by molar-refractivity contribution is 5.88. The summed E-state index contributed by atoms with van der Waals surface area (Å²) >= 11 is 0. The molecule has 0 unspecified atom stereocenters. The number of H-pyrrole nitrogens is 1. The number of nitrogens with zero attached hydrogens (tertiary/aromatic N) is 1. The van der Waals surface area contributed by atoms with Crippen molar-refractivity contribution in [3.05, 3.63) is 21.6 Å². The molecule has 1 aromatic rings. The molecule has 90 valence electrons. The van der Waals surface area contributed by atoms with E-state index >= 15 is 0 Å². The number of aromatic amines is 1. The molecule has 0 atom stereocenters. The Morgan fingerprint density at radius 1 is 1.38 bits per heavy atom. The Hall–Kier alpha value is -1.52. The predicted octanol–water partition coefficient (Wildman–Crippen LogP) is 1.75. The molecule has 0 aliphatic carbocycles. The van der Waals surface area contributed by atoms with Crippen molar-refractivity contribution in [1.29, 1.82) is 0 Å². The molecule has 0 aromatic carbocycles. The molecule has 2 N–H and O–H groups in total. The van der Waals surface area contributed by atoms with Crippen molar-refractivity contribution in [2.75, 3.05) is 0 Å². The maximum atomic E-state index is 11.9. The Bertz CT molecular complexity index is 461. The molecular formula is C11H18N2O3. The van der Waals surface area contributed by atoms with Crippen molar-refractivity contribution in [3.8, 4) is 0 Å². The summed E-state index contributed by atoms with van der Waals surface area (Å²) in [7, 11) is 0. The van der Waals surface area contributed by atoms with E-state index in [4.69, 9.17) is 5.11 Å². The summed E-state index contributed by atoms with van der Waals surface area (Å²) in [5, 5.41) is 12.0. The lowest BCUT2D eigenvalue weighted by Gasteiger charge is -2.17. The zero-order valence-electron chi connectivity index (χ0n) is 10.3. The van der Waals surface area contributed by atoms with Crippen LogP contribution >= 0.6 is 0 Å². The fraction of sp³-hybridized carbons (Fsp3) is 0.636. The van der Waals surface area contributed by atoms with Crippen LogP contribution in [0.5, 0.6) is 0 Å². The van der Waals surface area contributed by atoms with Crippen LogP contribution in [0.2, 0.25) is 0 Å². The average Bonchev–Trinajstić information content (AvgIpc) is 2.41. The number of aromatic nitrogens is 2. The van der Waals surface area contributed by atoms with Crippen LogP contribution in [-0.4, -0.2) is 20.9 Å². The summed E-state index contributed by atoms with van der Waals surface area (Å²) in [5.41, 5.74) is -0.542. The molecule has 5 nitrogen and oxygen atoms in total. The second-order valence-electron chi connectivity index (χ2n) is 5.19. The molecule has 0 fully saturated rings. The highest BCUT2D eigenvalue weighted by atomic mass is 16.4. The Morgan fingerprint density at radius 2 is 1.88 bits per heavy atom. The SMILES string of the molecule is CC(C)n1[nH]c(C(C)(C)C)c(C(=O)O)c1=O. The first-order valence-corrected chi connectivity index (χ1v) is 5.24. The standard InChI is InChI=1S/C11H18N2O3/c1-6(2)13-9(14)7(10(15)16)8(12-13)11(3,4)5/h6,12H,1-5H3,(H,15,16). The molecule has 5 heteroatoms. The van der Waals surface area contributed by atoms with Crippen molar-refractivity contribution in [1.82, 2.24) is 9.78 Å².